The molecule has 10 heteroatoms. The molecule has 2 N–H and O–H groups in total. The maximum Gasteiger partial charge on any atom is 0.275 e. The molecule has 6 rings (SSSR count). The minimum absolute atomic E-state index is 0.243. The van der Waals surface area contributed by atoms with Crippen LogP contribution in [0.15, 0.2) is 48.1 Å². The van der Waals surface area contributed by atoms with Crippen molar-refractivity contribution in [2.75, 3.05) is 53.3 Å². The van der Waals surface area contributed by atoms with Gasteiger partial charge in [0.1, 0.15) is 5.69 Å². The van der Waals surface area contributed by atoms with Gasteiger partial charge in [0.2, 0.25) is 6.35 Å². The Morgan fingerprint density at radius 1 is 1.15 bits per heavy atom. The van der Waals surface area contributed by atoms with Crippen molar-refractivity contribution in [2.24, 2.45) is 0 Å². The van der Waals surface area contributed by atoms with Crippen LogP contribution in [0.4, 0.5) is 27.9 Å². The Morgan fingerprint density at radius 2 is 1.94 bits per heavy atom. The number of piperazine rings is 1. The van der Waals surface area contributed by atoms with Gasteiger partial charge in [-0.1, -0.05) is 12.1 Å². The fraction of sp³-hybridized carbons (Fsp3) is 0.375. The van der Waals surface area contributed by atoms with E-state index in [1.807, 2.05) is 12.1 Å². The summed E-state index contributed by atoms with van der Waals surface area (Å²) in [4.78, 5) is 28.8. The van der Waals surface area contributed by atoms with Crippen molar-refractivity contribution in [2.45, 2.75) is 25.2 Å². The van der Waals surface area contributed by atoms with E-state index in [0.29, 0.717) is 17.4 Å². The number of aromatic nitrogens is 2. The van der Waals surface area contributed by atoms with Crippen LogP contribution in [0.1, 0.15) is 23.3 Å². The fourth-order valence-corrected chi connectivity index (χ4v) is 5.56. The van der Waals surface area contributed by atoms with E-state index in [1.165, 1.54) is 11.3 Å². The van der Waals surface area contributed by atoms with Crippen molar-refractivity contribution in [3.05, 3.63) is 53.8 Å². The van der Waals surface area contributed by atoms with Gasteiger partial charge in [-0.05, 0) is 31.0 Å². The van der Waals surface area contributed by atoms with Crippen molar-refractivity contribution in [3.8, 4) is 0 Å². The zero-order chi connectivity index (χ0) is 23.1. The zero-order valence-electron chi connectivity index (χ0n) is 19.0. The van der Waals surface area contributed by atoms with E-state index in [-0.39, 0.29) is 12.3 Å². The van der Waals surface area contributed by atoms with Gasteiger partial charge in [0.15, 0.2) is 5.13 Å². The number of fused-ring (bicyclic) bond motifs is 1. The normalized spacial score (nSPS) is 19.9. The van der Waals surface area contributed by atoms with Crippen LogP contribution in [-0.4, -0.2) is 61.6 Å². The van der Waals surface area contributed by atoms with Gasteiger partial charge in [-0.3, -0.25) is 14.7 Å². The van der Waals surface area contributed by atoms with Crippen molar-refractivity contribution in [1.82, 2.24) is 15.3 Å². The van der Waals surface area contributed by atoms with Gasteiger partial charge in [0, 0.05) is 50.9 Å². The third-order valence-electron chi connectivity index (χ3n) is 6.46. The monoisotopic (exact) mass is 477 g/mol. The number of hydrogen-bond donors (Lipinski definition) is 2. The minimum Gasteiger partial charge on any atom is -0.367 e. The van der Waals surface area contributed by atoms with Crippen LogP contribution >= 0.6 is 11.3 Å². The Morgan fingerprint density at radius 3 is 2.71 bits per heavy atom. The first kappa shape index (κ1) is 21.3. The molecule has 0 spiro atoms. The molecule has 1 aliphatic carbocycles. The molecule has 2 aromatic heterocycles. The Balaban J connectivity index is 1.26. The van der Waals surface area contributed by atoms with Crippen molar-refractivity contribution < 1.29 is 9.53 Å². The van der Waals surface area contributed by atoms with Gasteiger partial charge in [-0.15, -0.1) is 11.3 Å². The molecule has 0 bridgehead atoms. The van der Waals surface area contributed by atoms with E-state index >= 15 is 0 Å². The van der Waals surface area contributed by atoms with Gasteiger partial charge in [0.05, 0.1) is 28.9 Å². The standard InChI is InChI=1S/C24H27N7O2S/c1-33-24-30(16-6-7-16)20-4-2-3-5-21(20)31(24)23-28-18(15-34-23)22(32)27-17-14-26-9-8-19(17)29-12-10-25-11-13-29/h2-5,8-9,14-16,24-25H,6-7,10-13H2,1H3,(H,27,32). The van der Waals surface area contributed by atoms with Crippen LogP contribution < -0.4 is 25.3 Å². The molecule has 176 valence electrons. The quantitative estimate of drug-likeness (QED) is 0.560. The SMILES string of the molecule is COC1N(c2nc(C(=O)Nc3cnccc3N3CCNCC3)cs2)c2ccccc2N1C1CC1. The summed E-state index contributed by atoms with van der Waals surface area (Å²) < 4.78 is 5.92. The van der Waals surface area contributed by atoms with Crippen LogP contribution in [0.25, 0.3) is 0 Å². The molecule has 0 radical (unpaired) electrons. The lowest BCUT2D eigenvalue weighted by molar-refractivity contribution is 0.102. The number of hydrogen-bond acceptors (Lipinski definition) is 9. The van der Waals surface area contributed by atoms with Crippen LogP contribution in [-0.2, 0) is 4.74 Å². The number of pyridine rings is 1. The largest absolute Gasteiger partial charge is 0.367 e. The third kappa shape index (κ3) is 3.77. The first-order chi connectivity index (χ1) is 16.7. The molecule has 1 unspecified atom stereocenters. The van der Waals surface area contributed by atoms with E-state index in [2.05, 4.69) is 48.5 Å². The van der Waals surface area contributed by atoms with Gasteiger partial charge in [-0.25, -0.2) is 4.98 Å². The second-order valence-electron chi connectivity index (χ2n) is 8.66. The van der Waals surface area contributed by atoms with E-state index < -0.39 is 0 Å². The van der Waals surface area contributed by atoms with Crippen molar-refractivity contribution in [1.29, 1.82) is 0 Å². The number of ether oxygens (including phenoxy) is 1. The van der Waals surface area contributed by atoms with Gasteiger partial charge >= 0.3 is 0 Å². The molecule has 1 amide bonds. The summed E-state index contributed by atoms with van der Waals surface area (Å²) in [6, 6.07) is 10.7. The Hall–Kier alpha value is -3.21. The van der Waals surface area contributed by atoms with E-state index in [4.69, 9.17) is 9.72 Å². The first-order valence-electron chi connectivity index (χ1n) is 11.6. The van der Waals surface area contributed by atoms with Gasteiger partial charge in [0.25, 0.3) is 5.91 Å². The molecule has 34 heavy (non-hydrogen) atoms. The average molecular weight is 478 g/mol. The van der Waals surface area contributed by atoms with Gasteiger partial charge in [-0.2, -0.15) is 0 Å². The van der Waals surface area contributed by atoms with Crippen molar-refractivity contribution in [3.63, 3.8) is 0 Å². The number of anilines is 5. The summed E-state index contributed by atoms with van der Waals surface area (Å²) >= 11 is 1.45. The smallest absolute Gasteiger partial charge is 0.275 e. The second-order valence-corrected chi connectivity index (χ2v) is 9.50. The van der Waals surface area contributed by atoms with Crippen LogP contribution in [0.5, 0.6) is 0 Å². The molecular formula is C24H27N7O2S. The summed E-state index contributed by atoms with van der Waals surface area (Å²) in [6.07, 6.45) is 5.51. The molecule has 1 aromatic carbocycles. The molecule has 3 aromatic rings. The predicted octanol–water partition coefficient (Wildman–Crippen LogP) is 3.25. The highest BCUT2D eigenvalue weighted by Gasteiger charge is 2.45. The van der Waals surface area contributed by atoms with Crippen LogP contribution in [0.2, 0.25) is 0 Å². The molecule has 2 fully saturated rings. The van der Waals surface area contributed by atoms with Crippen LogP contribution in [0, 0.1) is 0 Å². The number of rotatable bonds is 6. The first-order valence-corrected chi connectivity index (χ1v) is 12.5. The highest BCUT2D eigenvalue weighted by atomic mass is 32.1. The summed E-state index contributed by atoms with van der Waals surface area (Å²) in [5.41, 5.74) is 4.26. The Labute approximate surface area is 202 Å². The van der Waals surface area contributed by atoms with Crippen LogP contribution in [0.3, 0.4) is 0 Å². The third-order valence-corrected chi connectivity index (χ3v) is 7.30. The number of carbonyl (C=O) groups is 1. The van der Waals surface area contributed by atoms with E-state index in [9.17, 15) is 4.79 Å². The summed E-state index contributed by atoms with van der Waals surface area (Å²) in [7, 11) is 1.72. The highest BCUT2D eigenvalue weighted by Crippen LogP contribution is 2.49. The number of para-hydroxylation sites is 2. The zero-order valence-corrected chi connectivity index (χ0v) is 19.8. The maximum absolute atomic E-state index is 13.2. The number of amides is 1. The molecule has 1 saturated carbocycles. The number of thiazole rings is 1. The average Bonchev–Trinajstić information content (AvgIpc) is 3.49. The fourth-order valence-electron chi connectivity index (χ4n) is 4.73. The number of benzene rings is 1. The Kier molecular flexibility index (Phi) is 5.56. The number of nitrogens with zero attached hydrogens (tertiary/aromatic N) is 5. The molecule has 2 aliphatic heterocycles. The van der Waals surface area contributed by atoms with Gasteiger partial charge < -0.3 is 25.2 Å². The number of carbonyl (C=O) groups excluding carboxylic acids is 1. The number of methoxy groups -OCH3 is 1. The van der Waals surface area contributed by atoms with E-state index in [1.54, 1.807) is 24.9 Å². The molecule has 9 nitrogen and oxygen atoms in total. The minimum atomic E-state index is -0.274. The lowest BCUT2D eigenvalue weighted by atomic mass is 10.2. The lowest BCUT2D eigenvalue weighted by Crippen LogP contribution is -2.43. The lowest BCUT2D eigenvalue weighted by Gasteiger charge is -2.30. The van der Waals surface area contributed by atoms with Crippen molar-refractivity contribution >= 4 is 45.1 Å². The maximum atomic E-state index is 13.2. The Bertz CT molecular complexity index is 1190. The molecule has 4 heterocycles. The summed E-state index contributed by atoms with van der Waals surface area (Å²) in [5, 5.41) is 8.93. The second kappa shape index (κ2) is 8.86. The molecular weight excluding hydrogens is 450 g/mol. The summed E-state index contributed by atoms with van der Waals surface area (Å²) in [5.74, 6) is -0.243. The molecule has 3 aliphatic rings. The van der Waals surface area contributed by atoms with E-state index in [0.717, 1.165) is 61.2 Å². The molecule has 1 saturated heterocycles. The highest BCUT2D eigenvalue weighted by molar-refractivity contribution is 7.14. The topological polar surface area (TPSA) is 85.9 Å². The summed E-state index contributed by atoms with van der Waals surface area (Å²) in [6.45, 7) is 3.61. The predicted molar refractivity (Wildman–Crippen MR) is 134 cm³/mol. The number of nitrogens with one attached hydrogen (secondary N) is 2. The molecule has 1 atom stereocenters.